The molecule has 1 heterocycles. The van der Waals surface area contributed by atoms with E-state index in [9.17, 15) is 9.59 Å². The summed E-state index contributed by atoms with van der Waals surface area (Å²) in [6.45, 7) is 5.54. The number of benzene rings is 1. The highest BCUT2D eigenvalue weighted by atomic mass is 16.2. The second kappa shape index (κ2) is 7.82. The second-order valence-electron chi connectivity index (χ2n) is 5.80. The van der Waals surface area contributed by atoms with Gasteiger partial charge in [0.05, 0.1) is 0 Å². The van der Waals surface area contributed by atoms with E-state index in [0.717, 1.165) is 18.5 Å². The van der Waals surface area contributed by atoms with Crippen LogP contribution in [-0.4, -0.2) is 31.1 Å². The van der Waals surface area contributed by atoms with Crippen molar-refractivity contribution in [1.29, 1.82) is 0 Å². The molecular formula is C17H25N3O2. The Bertz CT molecular complexity index is 513. The summed E-state index contributed by atoms with van der Waals surface area (Å²) in [4.78, 5) is 25.5. The Balaban J connectivity index is 1.89. The Morgan fingerprint density at radius 3 is 2.64 bits per heavy atom. The maximum atomic E-state index is 12.2. The largest absolute Gasteiger partial charge is 0.350 e. The minimum Gasteiger partial charge on any atom is -0.350 e. The van der Waals surface area contributed by atoms with E-state index >= 15 is 0 Å². The molecule has 5 nitrogen and oxygen atoms in total. The second-order valence-corrected chi connectivity index (χ2v) is 5.80. The molecule has 0 saturated carbocycles. The number of rotatable bonds is 7. The maximum absolute atomic E-state index is 12.2. The highest BCUT2D eigenvalue weighted by Crippen LogP contribution is 2.17. The molecule has 0 aliphatic carbocycles. The summed E-state index contributed by atoms with van der Waals surface area (Å²) >= 11 is 0. The molecule has 0 bridgehead atoms. The van der Waals surface area contributed by atoms with Crippen molar-refractivity contribution in [2.24, 2.45) is 0 Å². The van der Waals surface area contributed by atoms with E-state index in [1.54, 1.807) is 17.0 Å². The van der Waals surface area contributed by atoms with Gasteiger partial charge in [-0.05, 0) is 37.6 Å². The predicted octanol–water partition coefficient (Wildman–Crippen LogP) is 2.91. The number of urea groups is 1. The van der Waals surface area contributed by atoms with Gasteiger partial charge < -0.3 is 10.6 Å². The number of hydrogen-bond donors (Lipinski definition) is 2. The number of nitrogens with zero attached hydrogens (tertiary/aromatic N) is 1. The molecule has 1 unspecified atom stereocenters. The van der Waals surface area contributed by atoms with E-state index in [0.29, 0.717) is 18.7 Å². The standard InChI is InChI=1S/C17H25N3O2/c1-3-4-5-6-13(2)19-16(21)14-7-9-15(10-8-14)20-12-11-18-17(20)22/h7-10,13H,3-6,11-12H2,1-2H3,(H,18,22)(H,19,21). The molecule has 1 aromatic carbocycles. The summed E-state index contributed by atoms with van der Waals surface area (Å²) in [6.07, 6.45) is 4.53. The molecule has 1 fully saturated rings. The van der Waals surface area contributed by atoms with Crippen molar-refractivity contribution in [3.63, 3.8) is 0 Å². The third-order valence-electron chi connectivity index (χ3n) is 3.92. The van der Waals surface area contributed by atoms with Crippen LogP contribution >= 0.6 is 0 Å². The zero-order valence-corrected chi connectivity index (χ0v) is 13.4. The highest BCUT2D eigenvalue weighted by molar-refractivity contribution is 5.97. The fourth-order valence-corrected chi connectivity index (χ4v) is 2.59. The van der Waals surface area contributed by atoms with E-state index in [-0.39, 0.29) is 18.0 Å². The van der Waals surface area contributed by atoms with Gasteiger partial charge in [-0.15, -0.1) is 0 Å². The lowest BCUT2D eigenvalue weighted by Gasteiger charge is -2.16. The van der Waals surface area contributed by atoms with Crippen LogP contribution in [0.4, 0.5) is 10.5 Å². The van der Waals surface area contributed by atoms with E-state index in [4.69, 9.17) is 0 Å². The van der Waals surface area contributed by atoms with Crippen LogP contribution in [0.25, 0.3) is 0 Å². The molecule has 22 heavy (non-hydrogen) atoms. The first-order valence-electron chi connectivity index (χ1n) is 8.08. The van der Waals surface area contributed by atoms with Crippen molar-refractivity contribution in [1.82, 2.24) is 10.6 Å². The van der Waals surface area contributed by atoms with Crippen molar-refractivity contribution in [2.45, 2.75) is 45.6 Å². The normalized spacial score (nSPS) is 15.5. The van der Waals surface area contributed by atoms with E-state index in [1.807, 2.05) is 19.1 Å². The van der Waals surface area contributed by atoms with Crippen LogP contribution in [-0.2, 0) is 0 Å². The first kappa shape index (κ1) is 16.3. The molecule has 1 aliphatic heterocycles. The number of unbranched alkanes of at least 4 members (excludes halogenated alkanes) is 2. The van der Waals surface area contributed by atoms with Gasteiger partial charge in [-0.1, -0.05) is 26.2 Å². The van der Waals surface area contributed by atoms with Gasteiger partial charge in [-0.25, -0.2) is 4.79 Å². The summed E-state index contributed by atoms with van der Waals surface area (Å²) in [5.74, 6) is -0.0542. The van der Waals surface area contributed by atoms with Crippen molar-refractivity contribution >= 4 is 17.6 Å². The molecule has 3 amide bonds. The molecule has 1 atom stereocenters. The molecule has 0 spiro atoms. The third kappa shape index (κ3) is 4.23. The summed E-state index contributed by atoms with van der Waals surface area (Å²) in [5.41, 5.74) is 1.45. The lowest BCUT2D eigenvalue weighted by molar-refractivity contribution is 0.0938. The Hall–Kier alpha value is -2.04. The van der Waals surface area contributed by atoms with Crippen LogP contribution in [0.5, 0.6) is 0 Å². The summed E-state index contributed by atoms with van der Waals surface area (Å²) in [6, 6.07) is 7.29. The lowest BCUT2D eigenvalue weighted by atomic mass is 10.1. The van der Waals surface area contributed by atoms with Gasteiger partial charge in [0.25, 0.3) is 5.91 Å². The predicted molar refractivity (Wildman–Crippen MR) is 88.3 cm³/mol. The van der Waals surface area contributed by atoms with E-state index < -0.39 is 0 Å². The lowest BCUT2D eigenvalue weighted by Crippen LogP contribution is -2.32. The molecule has 1 aromatic rings. The molecular weight excluding hydrogens is 278 g/mol. The average Bonchev–Trinajstić information content (AvgIpc) is 2.94. The van der Waals surface area contributed by atoms with Gasteiger partial charge in [0, 0.05) is 30.4 Å². The molecule has 2 N–H and O–H groups in total. The fourth-order valence-electron chi connectivity index (χ4n) is 2.59. The number of nitrogens with one attached hydrogen (secondary N) is 2. The van der Waals surface area contributed by atoms with Crippen LogP contribution in [0.3, 0.4) is 0 Å². The average molecular weight is 303 g/mol. The topological polar surface area (TPSA) is 61.4 Å². The molecule has 5 heteroatoms. The van der Waals surface area contributed by atoms with Gasteiger partial charge in [0.15, 0.2) is 0 Å². The molecule has 120 valence electrons. The number of anilines is 1. The number of hydrogen-bond acceptors (Lipinski definition) is 2. The zero-order valence-electron chi connectivity index (χ0n) is 13.4. The Kier molecular flexibility index (Phi) is 5.81. The van der Waals surface area contributed by atoms with Crippen molar-refractivity contribution in [3.8, 4) is 0 Å². The quantitative estimate of drug-likeness (QED) is 0.761. The van der Waals surface area contributed by atoms with E-state index in [1.165, 1.54) is 12.8 Å². The molecule has 0 radical (unpaired) electrons. The van der Waals surface area contributed by atoms with Crippen molar-refractivity contribution in [3.05, 3.63) is 29.8 Å². The van der Waals surface area contributed by atoms with Crippen LogP contribution in [0.15, 0.2) is 24.3 Å². The van der Waals surface area contributed by atoms with Crippen LogP contribution < -0.4 is 15.5 Å². The molecule has 1 aliphatic rings. The van der Waals surface area contributed by atoms with Gasteiger partial charge in [-0.2, -0.15) is 0 Å². The summed E-state index contributed by atoms with van der Waals surface area (Å²) < 4.78 is 0. The third-order valence-corrected chi connectivity index (χ3v) is 3.92. The molecule has 1 saturated heterocycles. The number of carbonyl (C=O) groups is 2. The molecule has 2 rings (SSSR count). The van der Waals surface area contributed by atoms with Gasteiger partial charge in [-0.3, -0.25) is 9.69 Å². The molecule has 0 aromatic heterocycles. The van der Waals surface area contributed by atoms with Crippen LogP contribution in [0, 0.1) is 0 Å². The van der Waals surface area contributed by atoms with Crippen LogP contribution in [0.1, 0.15) is 49.9 Å². The Morgan fingerprint density at radius 2 is 2.05 bits per heavy atom. The van der Waals surface area contributed by atoms with Crippen LogP contribution in [0.2, 0.25) is 0 Å². The minimum atomic E-state index is -0.0817. The number of amides is 3. The SMILES string of the molecule is CCCCCC(C)NC(=O)c1ccc(N2CCNC2=O)cc1. The minimum absolute atomic E-state index is 0.0542. The summed E-state index contributed by atoms with van der Waals surface area (Å²) in [5, 5.41) is 5.78. The number of carbonyl (C=O) groups excluding carboxylic acids is 2. The Morgan fingerprint density at radius 1 is 1.32 bits per heavy atom. The first-order chi connectivity index (χ1) is 10.6. The zero-order chi connectivity index (χ0) is 15.9. The van der Waals surface area contributed by atoms with Crippen molar-refractivity contribution in [2.75, 3.05) is 18.0 Å². The van der Waals surface area contributed by atoms with E-state index in [2.05, 4.69) is 17.6 Å². The highest BCUT2D eigenvalue weighted by Gasteiger charge is 2.21. The van der Waals surface area contributed by atoms with Gasteiger partial charge in [0.2, 0.25) is 0 Å². The van der Waals surface area contributed by atoms with Gasteiger partial charge >= 0.3 is 6.03 Å². The van der Waals surface area contributed by atoms with Crippen molar-refractivity contribution < 1.29 is 9.59 Å². The smallest absolute Gasteiger partial charge is 0.321 e. The van der Waals surface area contributed by atoms with Gasteiger partial charge in [0.1, 0.15) is 0 Å². The Labute approximate surface area is 132 Å². The monoisotopic (exact) mass is 303 g/mol. The first-order valence-corrected chi connectivity index (χ1v) is 8.08. The summed E-state index contributed by atoms with van der Waals surface area (Å²) in [7, 11) is 0. The fraction of sp³-hybridized carbons (Fsp3) is 0.529. The maximum Gasteiger partial charge on any atom is 0.321 e.